The second-order valence-electron chi connectivity index (χ2n) is 5.03. The first-order chi connectivity index (χ1) is 11.6. The van der Waals surface area contributed by atoms with Crippen LogP contribution in [0.4, 0.5) is 10.7 Å². The van der Waals surface area contributed by atoms with E-state index in [9.17, 15) is 4.79 Å². The van der Waals surface area contributed by atoms with Gasteiger partial charge in [-0.15, -0.1) is 11.3 Å². The van der Waals surface area contributed by atoms with Gasteiger partial charge in [0.2, 0.25) is 0 Å². The van der Waals surface area contributed by atoms with Crippen molar-refractivity contribution in [2.75, 3.05) is 31.0 Å². The lowest BCUT2D eigenvalue weighted by molar-refractivity contribution is 0.0602. The first-order valence-corrected chi connectivity index (χ1v) is 8.45. The highest BCUT2D eigenvalue weighted by molar-refractivity contribution is 7.80. The van der Waals surface area contributed by atoms with Crippen LogP contribution < -0.4 is 20.1 Å². The van der Waals surface area contributed by atoms with Crippen LogP contribution in [0.25, 0.3) is 0 Å². The van der Waals surface area contributed by atoms with Gasteiger partial charge >= 0.3 is 5.97 Å². The summed E-state index contributed by atoms with van der Waals surface area (Å²) >= 11 is 6.76. The van der Waals surface area contributed by atoms with Gasteiger partial charge in [0.25, 0.3) is 0 Å². The molecule has 8 heteroatoms. The number of ether oxygens (including phenoxy) is 3. The molecule has 0 atom stereocenters. The van der Waals surface area contributed by atoms with Gasteiger partial charge in [-0.1, -0.05) is 0 Å². The third kappa shape index (κ3) is 3.60. The highest BCUT2D eigenvalue weighted by atomic mass is 32.1. The minimum atomic E-state index is -0.399. The Kier molecular flexibility index (Phi) is 4.86. The number of hydrogen-bond acceptors (Lipinski definition) is 6. The number of nitrogens with one attached hydrogen (secondary N) is 2. The molecule has 1 aliphatic rings. The van der Waals surface area contributed by atoms with E-state index in [1.807, 2.05) is 25.1 Å². The van der Waals surface area contributed by atoms with E-state index in [2.05, 4.69) is 10.6 Å². The molecule has 0 amide bonds. The maximum atomic E-state index is 11.8. The van der Waals surface area contributed by atoms with E-state index in [1.165, 1.54) is 18.4 Å². The number of hydrogen-bond donors (Lipinski definition) is 2. The van der Waals surface area contributed by atoms with E-state index in [1.54, 1.807) is 6.07 Å². The Morgan fingerprint density at radius 1 is 1.21 bits per heavy atom. The summed E-state index contributed by atoms with van der Waals surface area (Å²) < 4.78 is 15.8. The summed E-state index contributed by atoms with van der Waals surface area (Å²) in [6.07, 6.45) is 0. The van der Waals surface area contributed by atoms with Crippen LogP contribution in [-0.4, -0.2) is 31.4 Å². The summed E-state index contributed by atoms with van der Waals surface area (Å²) in [4.78, 5) is 12.8. The van der Waals surface area contributed by atoms with Crippen LogP contribution in [0.1, 0.15) is 15.2 Å². The molecule has 0 radical (unpaired) electrons. The molecule has 2 N–H and O–H groups in total. The minimum absolute atomic E-state index is 0.374. The fraction of sp³-hybridized carbons (Fsp3) is 0.250. The zero-order valence-corrected chi connectivity index (χ0v) is 14.8. The van der Waals surface area contributed by atoms with Gasteiger partial charge in [-0.25, -0.2) is 4.79 Å². The van der Waals surface area contributed by atoms with Crippen LogP contribution in [0.5, 0.6) is 11.5 Å². The van der Waals surface area contributed by atoms with E-state index >= 15 is 0 Å². The molecule has 0 aliphatic carbocycles. The van der Waals surface area contributed by atoms with E-state index in [0.29, 0.717) is 40.4 Å². The Bertz CT molecular complexity index is 788. The van der Waals surface area contributed by atoms with E-state index in [-0.39, 0.29) is 0 Å². The van der Waals surface area contributed by atoms with Gasteiger partial charge in [-0.3, -0.25) is 0 Å². The number of carbonyl (C=O) groups excluding carboxylic acids is 1. The van der Waals surface area contributed by atoms with Crippen molar-refractivity contribution in [3.8, 4) is 11.5 Å². The van der Waals surface area contributed by atoms with Gasteiger partial charge in [0, 0.05) is 16.6 Å². The number of esters is 1. The largest absolute Gasteiger partial charge is 0.486 e. The molecular formula is C16H16N2O4S2. The van der Waals surface area contributed by atoms with Crippen LogP contribution >= 0.6 is 23.6 Å². The van der Waals surface area contributed by atoms with Gasteiger partial charge in [0.1, 0.15) is 18.2 Å². The van der Waals surface area contributed by atoms with Crippen molar-refractivity contribution in [3.05, 3.63) is 34.7 Å². The molecule has 1 aromatic carbocycles. The maximum absolute atomic E-state index is 11.8. The molecule has 0 unspecified atom stereocenters. The quantitative estimate of drug-likeness (QED) is 0.639. The SMILES string of the molecule is COC(=O)c1cc(C)sc1NC(=S)Nc1ccc2c(c1)OCCO2. The number of rotatable bonds is 3. The Labute approximate surface area is 148 Å². The molecule has 0 spiro atoms. The molecule has 0 saturated heterocycles. The topological polar surface area (TPSA) is 68.8 Å². The second-order valence-corrected chi connectivity index (χ2v) is 6.69. The summed E-state index contributed by atoms with van der Waals surface area (Å²) in [7, 11) is 1.35. The Morgan fingerprint density at radius 2 is 1.96 bits per heavy atom. The number of thiocarbonyl (C=S) groups is 1. The normalized spacial score (nSPS) is 12.4. The average molecular weight is 364 g/mol. The average Bonchev–Trinajstić information content (AvgIpc) is 2.94. The summed E-state index contributed by atoms with van der Waals surface area (Å²) in [5.74, 6) is 0.993. The number of fused-ring (bicyclic) bond motifs is 1. The number of thiophene rings is 1. The molecule has 2 heterocycles. The van der Waals surface area contributed by atoms with Crippen molar-refractivity contribution >= 4 is 45.3 Å². The summed E-state index contributed by atoms with van der Waals surface area (Å²) in [5.41, 5.74) is 1.23. The zero-order valence-electron chi connectivity index (χ0n) is 13.2. The molecule has 0 saturated carbocycles. The molecule has 1 aromatic heterocycles. The van der Waals surface area contributed by atoms with Crippen LogP contribution in [-0.2, 0) is 4.74 Å². The van der Waals surface area contributed by atoms with Crippen molar-refractivity contribution in [1.82, 2.24) is 0 Å². The van der Waals surface area contributed by atoms with Crippen LogP contribution in [0.15, 0.2) is 24.3 Å². The lowest BCUT2D eigenvalue weighted by atomic mass is 10.2. The second kappa shape index (κ2) is 7.06. The first kappa shape index (κ1) is 16.5. The van der Waals surface area contributed by atoms with Gasteiger partial charge in [0.15, 0.2) is 16.6 Å². The van der Waals surface area contributed by atoms with E-state index in [4.69, 9.17) is 26.4 Å². The van der Waals surface area contributed by atoms with Crippen molar-refractivity contribution in [2.24, 2.45) is 0 Å². The minimum Gasteiger partial charge on any atom is -0.486 e. The Hall–Kier alpha value is -2.32. The fourth-order valence-electron chi connectivity index (χ4n) is 2.26. The number of anilines is 2. The maximum Gasteiger partial charge on any atom is 0.340 e. The van der Waals surface area contributed by atoms with Crippen LogP contribution in [0.3, 0.4) is 0 Å². The van der Waals surface area contributed by atoms with Gasteiger partial charge < -0.3 is 24.8 Å². The fourth-order valence-corrected chi connectivity index (χ4v) is 3.44. The number of aryl methyl sites for hydroxylation is 1. The molecule has 1 aliphatic heterocycles. The Balaban J connectivity index is 1.71. The monoisotopic (exact) mass is 364 g/mol. The van der Waals surface area contributed by atoms with Crippen molar-refractivity contribution in [3.63, 3.8) is 0 Å². The number of benzene rings is 1. The molecule has 0 fully saturated rings. The standard InChI is InChI=1S/C16H16N2O4S2/c1-9-7-11(15(19)20-2)14(24-9)18-16(23)17-10-3-4-12-13(8-10)22-6-5-21-12/h3-4,7-8H,5-6H2,1-2H3,(H2,17,18,23). The predicted octanol–water partition coefficient (Wildman–Crippen LogP) is 3.42. The van der Waals surface area contributed by atoms with Crippen molar-refractivity contribution in [2.45, 2.75) is 6.92 Å². The first-order valence-electron chi connectivity index (χ1n) is 7.23. The van der Waals surface area contributed by atoms with Crippen LogP contribution in [0, 0.1) is 6.92 Å². The highest BCUT2D eigenvalue weighted by Crippen LogP contribution is 2.33. The molecule has 24 heavy (non-hydrogen) atoms. The van der Waals surface area contributed by atoms with Gasteiger partial charge in [-0.05, 0) is 37.3 Å². The lowest BCUT2D eigenvalue weighted by Gasteiger charge is -2.19. The molecular weight excluding hydrogens is 348 g/mol. The molecule has 126 valence electrons. The van der Waals surface area contributed by atoms with Gasteiger partial charge in [-0.2, -0.15) is 0 Å². The third-order valence-corrected chi connectivity index (χ3v) is 4.46. The molecule has 2 aromatic rings. The zero-order chi connectivity index (χ0) is 17.1. The lowest BCUT2D eigenvalue weighted by Crippen LogP contribution is -2.20. The molecule has 0 bridgehead atoms. The van der Waals surface area contributed by atoms with Crippen LogP contribution in [0.2, 0.25) is 0 Å². The van der Waals surface area contributed by atoms with Crippen molar-refractivity contribution < 1.29 is 19.0 Å². The Morgan fingerprint density at radius 3 is 2.71 bits per heavy atom. The third-order valence-electron chi connectivity index (χ3n) is 3.29. The summed E-state index contributed by atoms with van der Waals surface area (Å²) in [6, 6.07) is 7.27. The predicted molar refractivity (Wildman–Crippen MR) is 97.7 cm³/mol. The number of carbonyl (C=O) groups is 1. The number of methoxy groups -OCH3 is 1. The van der Waals surface area contributed by atoms with E-state index < -0.39 is 5.97 Å². The summed E-state index contributed by atoms with van der Waals surface area (Å²) in [5, 5.41) is 7.14. The molecule has 3 rings (SSSR count). The molecule has 6 nitrogen and oxygen atoms in total. The summed E-state index contributed by atoms with van der Waals surface area (Å²) in [6.45, 7) is 2.99. The van der Waals surface area contributed by atoms with Gasteiger partial charge in [0.05, 0.1) is 12.7 Å². The van der Waals surface area contributed by atoms with E-state index in [0.717, 1.165) is 10.6 Å². The smallest absolute Gasteiger partial charge is 0.340 e. The van der Waals surface area contributed by atoms with Crippen molar-refractivity contribution in [1.29, 1.82) is 0 Å². The highest BCUT2D eigenvalue weighted by Gasteiger charge is 2.17.